The highest BCUT2D eigenvalue weighted by Crippen LogP contribution is 2.21. The van der Waals surface area contributed by atoms with Gasteiger partial charge in [-0.15, -0.1) is 0 Å². The Kier molecular flexibility index (Phi) is 4.74. The molecular formula is C18H19N3O3. The first kappa shape index (κ1) is 16.0. The van der Waals surface area contributed by atoms with Gasteiger partial charge in [-0.2, -0.15) is 0 Å². The van der Waals surface area contributed by atoms with Gasteiger partial charge < -0.3 is 14.6 Å². The Morgan fingerprint density at radius 3 is 2.88 bits per heavy atom. The molecule has 3 heterocycles. The number of furan rings is 1. The van der Waals surface area contributed by atoms with E-state index < -0.39 is 6.04 Å². The van der Waals surface area contributed by atoms with E-state index in [2.05, 4.69) is 10.3 Å². The number of nitrogens with one attached hydrogen (secondary N) is 1. The summed E-state index contributed by atoms with van der Waals surface area (Å²) in [4.78, 5) is 30.3. The maximum Gasteiger partial charge on any atom is 0.255 e. The molecule has 1 N–H and O–H groups in total. The first-order valence-corrected chi connectivity index (χ1v) is 7.86. The minimum absolute atomic E-state index is 0.0895. The van der Waals surface area contributed by atoms with Gasteiger partial charge in [0.2, 0.25) is 5.91 Å². The maximum atomic E-state index is 12.5. The molecule has 2 aromatic heterocycles. The van der Waals surface area contributed by atoms with Gasteiger partial charge in [0.15, 0.2) is 0 Å². The van der Waals surface area contributed by atoms with Crippen molar-refractivity contribution in [1.29, 1.82) is 0 Å². The van der Waals surface area contributed by atoms with Crippen LogP contribution in [0.4, 0.5) is 0 Å². The van der Waals surface area contributed by atoms with Crippen molar-refractivity contribution >= 4 is 17.4 Å². The molecule has 24 heavy (non-hydrogen) atoms. The zero-order valence-corrected chi connectivity index (χ0v) is 13.4. The number of aromatic nitrogens is 1. The standard InChI is InChI=1S/C18H19N3O3/c1-13(20-17(22)16-6-10-24-12-16)18(23)21-8-4-14(5-9-21)15-3-2-7-19-11-15/h2-4,6-7,10-13H,5,8-9H2,1H3,(H,20,22)/t13-/m0/s1. The van der Waals surface area contributed by atoms with E-state index >= 15 is 0 Å². The van der Waals surface area contributed by atoms with Crippen LogP contribution in [0.15, 0.2) is 53.6 Å². The molecule has 0 aliphatic carbocycles. The Bertz CT molecular complexity index is 738. The van der Waals surface area contributed by atoms with E-state index in [-0.39, 0.29) is 11.8 Å². The van der Waals surface area contributed by atoms with Crippen LogP contribution < -0.4 is 5.32 Å². The summed E-state index contributed by atoms with van der Waals surface area (Å²) in [5, 5.41) is 2.70. The second kappa shape index (κ2) is 7.12. The van der Waals surface area contributed by atoms with Crippen molar-refractivity contribution in [3.63, 3.8) is 0 Å². The van der Waals surface area contributed by atoms with Crippen LogP contribution in [0.1, 0.15) is 29.3 Å². The summed E-state index contributed by atoms with van der Waals surface area (Å²) >= 11 is 0. The van der Waals surface area contributed by atoms with Crippen LogP contribution in [-0.2, 0) is 4.79 Å². The zero-order valence-electron chi connectivity index (χ0n) is 13.4. The van der Waals surface area contributed by atoms with Crippen LogP contribution in [0.25, 0.3) is 5.57 Å². The number of hydrogen-bond donors (Lipinski definition) is 1. The van der Waals surface area contributed by atoms with Crippen molar-refractivity contribution in [1.82, 2.24) is 15.2 Å². The van der Waals surface area contributed by atoms with Gasteiger partial charge in [-0.1, -0.05) is 12.1 Å². The quantitative estimate of drug-likeness (QED) is 0.934. The summed E-state index contributed by atoms with van der Waals surface area (Å²) in [6.07, 6.45) is 9.18. The van der Waals surface area contributed by atoms with Crippen molar-refractivity contribution < 1.29 is 14.0 Å². The lowest BCUT2D eigenvalue weighted by Gasteiger charge is -2.29. The fraction of sp³-hybridized carbons (Fsp3) is 0.278. The van der Waals surface area contributed by atoms with Crippen molar-refractivity contribution in [2.75, 3.05) is 13.1 Å². The van der Waals surface area contributed by atoms with Gasteiger partial charge in [0.1, 0.15) is 12.3 Å². The summed E-state index contributed by atoms with van der Waals surface area (Å²) in [7, 11) is 0. The molecule has 0 fully saturated rings. The van der Waals surface area contributed by atoms with Crippen LogP contribution in [0, 0.1) is 0 Å². The molecule has 6 nitrogen and oxygen atoms in total. The molecule has 2 aromatic rings. The summed E-state index contributed by atoms with van der Waals surface area (Å²) in [6, 6.07) is 4.91. The van der Waals surface area contributed by atoms with E-state index in [1.807, 2.05) is 24.4 Å². The fourth-order valence-corrected chi connectivity index (χ4v) is 2.69. The van der Waals surface area contributed by atoms with Crippen LogP contribution in [0.5, 0.6) is 0 Å². The minimum Gasteiger partial charge on any atom is -0.472 e. The van der Waals surface area contributed by atoms with Gasteiger partial charge in [0, 0.05) is 25.5 Å². The lowest BCUT2D eigenvalue weighted by Crippen LogP contribution is -2.48. The molecule has 0 bridgehead atoms. The summed E-state index contributed by atoms with van der Waals surface area (Å²) in [5.41, 5.74) is 2.69. The molecule has 3 rings (SSSR count). The van der Waals surface area contributed by atoms with E-state index in [0.29, 0.717) is 18.7 Å². The molecule has 6 heteroatoms. The molecule has 0 unspecified atom stereocenters. The van der Waals surface area contributed by atoms with Crippen LogP contribution in [0.2, 0.25) is 0 Å². The number of hydrogen-bond acceptors (Lipinski definition) is 4. The lowest BCUT2D eigenvalue weighted by molar-refractivity contribution is -0.132. The first-order valence-electron chi connectivity index (χ1n) is 7.86. The van der Waals surface area contributed by atoms with Crippen LogP contribution >= 0.6 is 0 Å². The predicted octanol–water partition coefficient (Wildman–Crippen LogP) is 2.11. The summed E-state index contributed by atoms with van der Waals surface area (Å²) in [6.45, 7) is 2.86. The third-order valence-electron chi connectivity index (χ3n) is 4.05. The Hall–Kier alpha value is -2.89. The molecule has 0 saturated carbocycles. The van der Waals surface area contributed by atoms with Gasteiger partial charge >= 0.3 is 0 Å². The molecule has 124 valence electrons. The van der Waals surface area contributed by atoms with Crippen molar-refractivity contribution in [3.8, 4) is 0 Å². The van der Waals surface area contributed by atoms with E-state index in [1.54, 1.807) is 24.1 Å². The third-order valence-corrected chi connectivity index (χ3v) is 4.05. The van der Waals surface area contributed by atoms with Crippen molar-refractivity contribution in [2.45, 2.75) is 19.4 Å². The van der Waals surface area contributed by atoms with Gasteiger partial charge in [0.25, 0.3) is 5.91 Å². The first-order chi connectivity index (χ1) is 11.6. The molecule has 0 aromatic carbocycles. The molecule has 0 radical (unpaired) electrons. The smallest absolute Gasteiger partial charge is 0.255 e. The monoisotopic (exact) mass is 325 g/mol. The molecule has 1 aliphatic rings. The molecule has 2 amide bonds. The molecule has 0 spiro atoms. The Balaban J connectivity index is 1.58. The summed E-state index contributed by atoms with van der Waals surface area (Å²) in [5.74, 6) is -0.401. The predicted molar refractivity (Wildman–Crippen MR) is 89.0 cm³/mol. The van der Waals surface area contributed by atoms with Crippen LogP contribution in [0.3, 0.4) is 0 Å². The van der Waals surface area contributed by atoms with Gasteiger partial charge in [-0.3, -0.25) is 14.6 Å². The van der Waals surface area contributed by atoms with Gasteiger partial charge in [-0.05, 0) is 36.6 Å². The average molecular weight is 325 g/mol. The average Bonchev–Trinajstić information content (AvgIpc) is 3.17. The highest BCUT2D eigenvalue weighted by molar-refractivity contribution is 5.97. The number of amides is 2. The van der Waals surface area contributed by atoms with E-state index in [1.165, 1.54) is 18.1 Å². The Morgan fingerprint density at radius 1 is 1.38 bits per heavy atom. The van der Waals surface area contributed by atoms with E-state index in [9.17, 15) is 9.59 Å². The largest absolute Gasteiger partial charge is 0.472 e. The van der Waals surface area contributed by atoms with Crippen molar-refractivity contribution in [2.24, 2.45) is 0 Å². The molecule has 1 atom stereocenters. The minimum atomic E-state index is -0.583. The van der Waals surface area contributed by atoms with Gasteiger partial charge in [0.05, 0.1) is 11.8 Å². The Morgan fingerprint density at radius 2 is 2.25 bits per heavy atom. The molecule has 1 aliphatic heterocycles. The SMILES string of the molecule is C[C@H](NC(=O)c1ccoc1)C(=O)N1CC=C(c2cccnc2)CC1. The molecule has 0 saturated heterocycles. The highest BCUT2D eigenvalue weighted by atomic mass is 16.3. The fourth-order valence-electron chi connectivity index (χ4n) is 2.69. The highest BCUT2D eigenvalue weighted by Gasteiger charge is 2.24. The topological polar surface area (TPSA) is 75.4 Å². The zero-order chi connectivity index (χ0) is 16.9. The van der Waals surface area contributed by atoms with Crippen molar-refractivity contribution in [3.05, 3.63) is 60.3 Å². The number of pyridine rings is 1. The summed E-state index contributed by atoms with van der Waals surface area (Å²) < 4.78 is 4.88. The normalized spacial score (nSPS) is 15.5. The second-order valence-corrected chi connectivity index (χ2v) is 5.71. The second-order valence-electron chi connectivity index (χ2n) is 5.71. The van der Waals surface area contributed by atoms with Crippen LogP contribution in [-0.4, -0.2) is 40.8 Å². The van der Waals surface area contributed by atoms with Gasteiger partial charge in [-0.25, -0.2) is 0 Å². The lowest BCUT2D eigenvalue weighted by atomic mass is 10.0. The maximum absolute atomic E-state index is 12.5. The third kappa shape index (κ3) is 3.53. The number of carbonyl (C=O) groups is 2. The molecular weight excluding hydrogens is 306 g/mol. The van der Waals surface area contributed by atoms with E-state index in [0.717, 1.165) is 12.0 Å². The Labute approximate surface area is 140 Å². The number of carbonyl (C=O) groups excluding carboxylic acids is 2. The number of nitrogens with zero attached hydrogens (tertiary/aromatic N) is 2. The number of rotatable bonds is 4. The van der Waals surface area contributed by atoms with E-state index in [4.69, 9.17) is 4.42 Å².